The van der Waals surface area contributed by atoms with E-state index < -0.39 is 22.6 Å². The Labute approximate surface area is 179 Å². The number of hydrogen-bond acceptors (Lipinski definition) is 5. The number of carbonyl (C=O) groups excluding carboxylic acids is 2. The average molecular weight is 444 g/mol. The molecule has 0 amide bonds. The fourth-order valence-corrected chi connectivity index (χ4v) is 4.09. The molecule has 8 heteroatoms. The van der Waals surface area contributed by atoms with Crippen LogP contribution in [-0.4, -0.2) is 33.8 Å². The van der Waals surface area contributed by atoms with Gasteiger partial charge in [0.15, 0.2) is 12.4 Å². The standard InChI is InChI=1S/C22H18ClNO5S/c1-24(19-11-6-10-18(23)14-19)30(27,28)20-12-5-9-17(13-20)22(26)29-15-21(25)16-7-3-2-4-8-16/h2-14H,15H2,1H3. The maximum Gasteiger partial charge on any atom is 0.338 e. The first-order valence-electron chi connectivity index (χ1n) is 8.89. The number of Topliss-reactive ketones (excluding diaryl/α,β-unsaturated/α-hetero) is 1. The lowest BCUT2D eigenvalue weighted by Crippen LogP contribution is -2.26. The quantitative estimate of drug-likeness (QED) is 0.403. The minimum Gasteiger partial charge on any atom is -0.454 e. The number of anilines is 1. The van der Waals surface area contributed by atoms with Crippen LogP contribution in [0.3, 0.4) is 0 Å². The van der Waals surface area contributed by atoms with Gasteiger partial charge in [-0.2, -0.15) is 0 Å². The van der Waals surface area contributed by atoms with Crippen LogP contribution in [0.4, 0.5) is 5.69 Å². The molecule has 3 aromatic rings. The summed E-state index contributed by atoms with van der Waals surface area (Å²) in [5.41, 5.74) is 0.824. The Balaban J connectivity index is 1.76. The van der Waals surface area contributed by atoms with E-state index in [9.17, 15) is 18.0 Å². The van der Waals surface area contributed by atoms with Crippen LogP contribution in [0.25, 0.3) is 0 Å². The SMILES string of the molecule is CN(c1cccc(Cl)c1)S(=O)(=O)c1cccc(C(=O)OCC(=O)c2ccccc2)c1. The van der Waals surface area contributed by atoms with E-state index in [-0.39, 0.29) is 16.2 Å². The van der Waals surface area contributed by atoms with Crippen molar-refractivity contribution in [3.05, 3.63) is 95.0 Å². The third kappa shape index (κ3) is 4.87. The van der Waals surface area contributed by atoms with Crippen molar-refractivity contribution in [2.75, 3.05) is 18.0 Å². The molecule has 154 valence electrons. The lowest BCUT2D eigenvalue weighted by atomic mass is 10.1. The van der Waals surface area contributed by atoms with E-state index in [1.165, 1.54) is 37.4 Å². The third-order valence-corrected chi connectivity index (χ3v) is 6.35. The second-order valence-electron chi connectivity index (χ2n) is 6.35. The molecule has 0 aliphatic rings. The van der Waals surface area contributed by atoms with Crippen LogP contribution in [0.2, 0.25) is 5.02 Å². The Kier molecular flexibility index (Phi) is 6.54. The first-order chi connectivity index (χ1) is 14.3. The molecule has 0 unspecified atom stereocenters. The van der Waals surface area contributed by atoms with Gasteiger partial charge in [-0.05, 0) is 36.4 Å². The predicted octanol–water partition coefficient (Wildman–Crippen LogP) is 4.20. The molecule has 30 heavy (non-hydrogen) atoms. The molecule has 0 aromatic heterocycles. The second-order valence-corrected chi connectivity index (χ2v) is 8.75. The Hall–Kier alpha value is -3.16. The normalized spacial score (nSPS) is 11.0. The summed E-state index contributed by atoms with van der Waals surface area (Å²) < 4.78 is 32.0. The van der Waals surface area contributed by atoms with Crippen molar-refractivity contribution in [3.8, 4) is 0 Å². The number of nitrogens with zero attached hydrogens (tertiary/aromatic N) is 1. The second kappa shape index (κ2) is 9.11. The molecule has 0 bridgehead atoms. The van der Waals surface area contributed by atoms with Gasteiger partial charge in [-0.1, -0.05) is 54.1 Å². The molecule has 6 nitrogen and oxygen atoms in total. The van der Waals surface area contributed by atoms with Gasteiger partial charge < -0.3 is 4.74 Å². The third-order valence-electron chi connectivity index (χ3n) is 4.33. The molecule has 3 rings (SSSR count). The number of sulfonamides is 1. The molecule has 0 aliphatic carbocycles. The summed E-state index contributed by atoms with van der Waals surface area (Å²) in [6.07, 6.45) is 0. The van der Waals surface area contributed by atoms with Gasteiger partial charge in [-0.25, -0.2) is 13.2 Å². The Bertz CT molecular complexity index is 1180. The van der Waals surface area contributed by atoms with Crippen molar-refractivity contribution < 1.29 is 22.7 Å². The molecule has 0 saturated heterocycles. The first kappa shape index (κ1) is 21.5. The molecule has 0 atom stereocenters. The van der Waals surface area contributed by atoms with Crippen LogP contribution in [0.1, 0.15) is 20.7 Å². The van der Waals surface area contributed by atoms with Crippen LogP contribution < -0.4 is 4.31 Å². The summed E-state index contributed by atoms with van der Waals surface area (Å²) in [6, 6.07) is 20.3. The number of ketones is 1. The lowest BCUT2D eigenvalue weighted by molar-refractivity contribution is 0.0474. The summed E-state index contributed by atoms with van der Waals surface area (Å²) in [5, 5.41) is 0.398. The van der Waals surface area contributed by atoms with Gasteiger partial charge in [0.05, 0.1) is 16.1 Å². The molecule has 0 heterocycles. The van der Waals surface area contributed by atoms with Gasteiger partial charge in [-0.3, -0.25) is 9.10 Å². The summed E-state index contributed by atoms with van der Waals surface area (Å²) in [4.78, 5) is 24.3. The number of benzene rings is 3. The van der Waals surface area contributed by atoms with E-state index in [2.05, 4.69) is 0 Å². The largest absolute Gasteiger partial charge is 0.454 e. The van der Waals surface area contributed by atoms with Crippen molar-refractivity contribution >= 4 is 39.1 Å². The number of hydrogen-bond donors (Lipinski definition) is 0. The van der Waals surface area contributed by atoms with Crippen molar-refractivity contribution in [1.82, 2.24) is 0 Å². The van der Waals surface area contributed by atoms with Crippen LogP contribution in [-0.2, 0) is 14.8 Å². The number of carbonyl (C=O) groups is 2. The highest BCUT2D eigenvalue weighted by atomic mass is 35.5. The fraction of sp³-hybridized carbons (Fsp3) is 0.0909. The molecular weight excluding hydrogens is 426 g/mol. The van der Waals surface area contributed by atoms with Crippen molar-refractivity contribution in [2.45, 2.75) is 4.90 Å². The van der Waals surface area contributed by atoms with E-state index >= 15 is 0 Å². The van der Waals surface area contributed by atoms with Gasteiger partial charge in [0.25, 0.3) is 10.0 Å². The maximum absolute atomic E-state index is 12.9. The van der Waals surface area contributed by atoms with Crippen LogP contribution >= 0.6 is 11.6 Å². The maximum atomic E-state index is 12.9. The van der Waals surface area contributed by atoms with Gasteiger partial charge >= 0.3 is 5.97 Å². The molecule has 0 saturated carbocycles. The first-order valence-corrected chi connectivity index (χ1v) is 10.7. The number of halogens is 1. The Morgan fingerprint density at radius 3 is 2.27 bits per heavy atom. The highest BCUT2D eigenvalue weighted by molar-refractivity contribution is 7.92. The summed E-state index contributed by atoms with van der Waals surface area (Å²) in [7, 11) is -2.55. The number of rotatable bonds is 7. The molecule has 0 radical (unpaired) electrons. The van der Waals surface area contributed by atoms with E-state index in [0.29, 0.717) is 16.3 Å². The number of esters is 1. The highest BCUT2D eigenvalue weighted by Crippen LogP contribution is 2.25. The van der Waals surface area contributed by atoms with Crippen molar-refractivity contribution in [1.29, 1.82) is 0 Å². The average Bonchev–Trinajstić information content (AvgIpc) is 2.77. The lowest BCUT2D eigenvalue weighted by Gasteiger charge is -2.20. The zero-order chi connectivity index (χ0) is 21.7. The zero-order valence-electron chi connectivity index (χ0n) is 16.0. The minimum atomic E-state index is -3.94. The van der Waals surface area contributed by atoms with Gasteiger partial charge in [0.1, 0.15) is 0 Å². The Morgan fingerprint density at radius 1 is 0.900 bits per heavy atom. The molecule has 0 fully saturated rings. The van der Waals surface area contributed by atoms with Gasteiger partial charge in [-0.15, -0.1) is 0 Å². The van der Waals surface area contributed by atoms with E-state index in [0.717, 1.165) is 4.31 Å². The van der Waals surface area contributed by atoms with Crippen LogP contribution in [0.5, 0.6) is 0 Å². The van der Waals surface area contributed by atoms with Crippen LogP contribution in [0.15, 0.2) is 83.8 Å². The van der Waals surface area contributed by atoms with E-state index in [1.807, 2.05) is 0 Å². The predicted molar refractivity (Wildman–Crippen MR) is 115 cm³/mol. The summed E-state index contributed by atoms with van der Waals surface area (Å²) in [6.45, 7) is -0.442. The highest BCUT2D eigenvalue weighted by Gasteiger charge is 2.23. The smallest absolute Gasteiger partial charge is 0.338 e. The summed E-state index contributed by atoms with van der Waals surface area (Å²) in [5.74, 6) is -1.14. The van der Waals surface area contributed by atoms with Gasteiger partial charge in [0.2, 0.25) is 0 Å². The number of ether oxygens (including phenoxy) is 1. The van der Waals surface area contributed by atoms with E-state index in [4.69, 9.17) is 16.3 Å². The van der Waals surface area contributed by atoms with Crippen molar-refractivity contribution in [3.63, 3.8) is 0 Å². The molecule has 3 aromatic carbocycles. The molecule has 0 aliphatic heterocycles. The molecule has 0 spiro atoms. The minimum absolute atomic E-state index is 0.0245. The van der Waals surface area contributed by atoms with Crippen LogP contribution in [0, 0.1) is 0 Å². The zero-order valence-corrected chi connectivity index (χ0v) is 17.6. The molecular formula is C22H18ClNO5S. The molecule has 0 N–H and O–H groups in total. The summed E-state index contributed by atoms with van der Waals surface area (Å²) >= 11 is 5.95. The fourth-order valence-electron chi connectivity index (χ4n) is 2.67. The topological polar surface area (TPSA) is 80.8 Å². The van der Waals surface area contributed by atoms with Gasteiger partial charge in [0, 0.05) is 17.6 Å². The monoisotopic (exact) mass is 443 g/mol. The van der Waals surface area contributed by atoms with Crippen molar-refractivity contribution in [2.24, 2.45) is 0 Å². The Morgan fingerprint density at radius 2 is 1.57 bits per heavy atom. The van der Waals surface area contributed by atoms with E-state index in [1.54, 1.807) is 48.5 Å².